The molecule has 3 aliphatic rings. The van der Waals surface area contributed by atoms with Gasteiger partial charge in [0.05, 0.1) is 6.61 Å². The number of hydrogen-bond acceptors (Lipinski definition) is 2. The zero-order chi connectivity index (χ0) is 9.00. The SMILES string of the molecule is O=C1C(CO)=C[C@H]2[C@@H]1[C@H]1C=C[C@@H]2C1. The second kappa shape index (κ2) is 2.32. The largest absolute Gasteiger partial charge is 0.392 e. The third-order valence-corrected chi connectivity index (χ3v) is 3.70. The van der Waals surface area contributed by atoms with Crippen molar-refractivity contribution in [3.05, 3.63) is 23.8 Å². The molecule has 0 aromatic heterocycles. The van der Waals surface area contributed by atoms with Crippen molar-refractivity contribution in [3.63, 3.8) is 0 Å². The van der Waals surface area contributed by atoms with Gasteiger partial charge in [0.1, 0.15) is 0 Å². The minimum Gasteiger partial charge on any atom is -0.392 e. The number of hydrogen-bond donors (Lipinski definition) is 1. The fourth-order valence-electron chi connectivity index (χ4n) is 3.12. The average molecular weight is 176 g/mol. The molecule has 2 nitrogen and oxygen atoms in total. The van der Waals surface area contributed by atoms with E-state index in [4.69, 9.17) is 5.11 Å². The van der Waals surface area contributed by atoms with Crippen LogP contribution in [0.4, 0.5) is 0 Å². The summed E-state index contributed by atoms with van der Waals surface area (Å²) < 4.78 is 0. The normalized spacial score (nSPS) is 45.6. The van der Waals surface area contributed by atoms with Gasteiger partial charge in [0, 0.05) is 11.5 Å². The van der Waals surface area contributed by atoms with Crippen molar-refractivity contribution >= 4 is 5.78 Å². The lowest BCUT2D eigenvalue weighted by Crippen LogP contribution is -2.21. The molecule has 0 aromatic rings. The van der Waals surface area contributed by atoms with Gasteiger partial charge in [-0.25, -0.2) is 0 Å². The molecule has 0 unspecified atom stereocenters. The second-order valence-corrected chi connectivity index (χ2v) is 4.27. The van der Waals surface area contributed by atoms with Crippen molar-refractivity contribution in [1.29, 1.82) is 0 Å². The van der Waals surface area contributed by atoms with Crippen LogP contribution in [0.2, 0.25) is 0 Å². The molecule has 1 fully saturated rings. The summed E-state index contributed by atoms with van der Waals surface area (Å²) >= 11 is 0. The fourth-order valence-corrected chi connectivity index (χ4v) is 3.12. The molecule has 2 heteroatoms. The van der Waals surface area contributed by atoms with Gasteiger partial charge in [0.15, 0.2) is 5.78 Å². The zero-order valence-corrected chi connectivity index (χ0v) is 7.31. The first kappa shape index (κ1) is 7.51. The summed E-state index contributed by atoms with van der Waals surface area (Å²) in [7, 11) is 0. The summed E-state index contributed by atoms with van der Waals surface area (Å²) in [6, 6.07) is 0. The Bertz CT molecular complexity index is 327. The fraction of sp³-hybridized carbons (Fsp3) is 0.545. The molecule has 13 heavy (non-hydrogen) atoms. The van der Waals surface area contributed by atoms with E-state index in [1.807, 2.05) is 6.08 Å². The Morgan fingerprint density at radius 2 is 2.15 bits per heavy atom. The van der Waals surface area contributed by atoms with E-state index in [0.29, 0.717) is 23.3 Å². The van der Waals surface area contributed by atoms with Crippen LogP contribution in [0.25, 0.3) is 0 Å². The molecule has 2 bridgehead atoms. The first-order valence-electron chi connectivity index (χ1n) is 4.85. The molecule has 0 saturated heterocycles. The van der Waals surface area contributed by atoms with Crippen LogP contribution >= 0.6 is 0 Å². The van der Waals surface area contributed by atoms with Crippen LogP contribution < -0.4 is 0 Å². The zero-order valence-electron chi connectivity index (χ0n) is 7.31. The highest BCUT2D eigenvalue weighted by atomic mass is 16.3. The predicted octanol–water partition coefficient (Wildman–Crippen LogP) is 0.926. The minimum absolute atomic E-state index is 0.0781. The highest BCUT2D eigenvalue weighted by Crippen LogP contribution is 2.52. The summed E-state index contributed by atoms with van der Waals surface area (Å²) in [4.78, 5) is 11.7. The van der Waals surface area contributed by atoms with Gasteiger partial charge in [-0.15, -0.1) is 0 Å². The highest BCUT2D eigenvalue weighted by molar-refractivity contribution is 6.01. The van der Waals surface area contributed by atoms with E-state index < -0.39 is 0 Å². The van der Waals surface area contributed by atoms with Gasteiger partial charge in [-0.1, -0.05) is 18.2 Å². The lowest BCUT2D eigenvalue weighted by atomic mass is 9.85. The molecule has 0 aromatic carbocycles. The number of aliphatic hydroxyl groups excluding tert-OH is 1. The Balaban J connectivity index is 2.00. The number of allylic oxidation sites excluding steroid dienone is 3. The Labute approximate surface area is 76.9 Å². The maximum Gasteiger partial charge on any atom is 0.165 e. The molecule has 1 N–H and O–H groups in total. The number of aliphatic hydroxyl groups is 1. The van der Waals surface area contributed by atoms with Crippen molar-refractivity contribution in [3.8, 4) is 0 Å². The number of Topliss-reactive ketones (excluding diaryl/α,β-unsaturated/α-hetero) is 1. The Hall–Kier alpha value is -0.890. The lowest BCUT2D eigenvalue weighted by Gasteiger charge is -2.17. The third-order valence-electron chi connectivity index (χ3n) is 3.70. The lowest BCUT2D eigenvalue weighted by molar-refractivity contribution is -0.120. The molecule has 0 spiro atoms. The molecule has 4 atom stereocenters. The van der Waals surface area contributed by atoms with E-state index >= 15 is 0 Å². The van der Waals surface area contributed by atoms with Crippen molar-refractivity contribution in [2.45, 2.75) is 6.42 Å². The summed E-state index contributed by atoms with van der Waals surface area (Å²) in [6.45, 7) is -0.0781. The van der Waals surface area contributed by atoms with Gasteiger partial charge in [-0.3, -0.25) is 4.79 Å². The van der Waals surface area contributed by atoms with E-state index in [-0.39, 0.29) is 18.3 Å². The van der Waals surface area contributed by atoms with Crippen LogP contribution in [0, 0.1) is 23.7 Å². The molecular formula is C11H12O2. The van der Waals surface area contributed by atoms with Crippen molar-refractivity contribution < 1.29 is 9.90 Å². The quantitative estimate of drug-likeness (QED) is 0.603. The van der Waals surface area contributed by atoms with Crippen LogP contribution in [0.1, 0.15) is 6.42 Å². The molecule has 0 radical (unpaired) electrons. The topological polar surface area (TPSA) is 37.3 Å². The van der Waals surface area contributed by atoms with E-state index in [1.54, 1.807) is 0 Å². The average Bonchev–Trinajstić information content (AvgIpc) is 2.76. The molecule has 0 amide bonds. The van der Waals surface area contributed by atoms with E-state index in [1.165, 1.54) is 0 Å². The number of carbonyl (C=O) groups is 1. The van der Waals surface area contributed by atoms with Crippen molar-refractivity contribution in [2.24, 2.45) is 23.7 Å². The Kier molecular flexibility index (Phi) is 1.34. The van der Waals surface area contributed by atoms with Crippen LogP contribution in [0.3, 0.4) is 0 Å². The van der Waals surface area contributed by atoms with Gasteiger partial charge in [-0.2, -0.15) is 0 Å². The van der Waals surface area contributed by atoms with E-state index in [9.17, 15) is 4.79 Å². The second-order valence-electron chi connectivity index (χ2n) is 4.27. The highest BCUT2D eigenvalue weighted by Gasteiger charge is 2.50. The van der Waals surface area contributed by atoms with Crippen LogP contribution in [0.15, 0.2) is 23.8 Å². The molecule has 0 heterocycles. The standard InChI is InChI=1S/C11H12O2/c12-5-8-4-9-6-1-2-7(3-6)10(9)11(8)13/h1-2,4,6-7,9-10,12H,3,5H2/t6-,7+,9-,10+/m1/s1. The van der Waals surface area contributed by atoms with Crippen LogP contribution in [0.5, 0.6) is 0 Å². The monoisotopic (exact) mass is 176 g/mol. The third kappa shape index (κ3) is 0.792. The first-order chi connectivity index (χ1) is 6.31. The van der Waals surface area contributed by atoms with Gasteiger partial charge in [0.2, 0.25) is 0 Å². The van der Waals surface area contributed by atoms with E-state index in [0.717, 1.165) is 6.42 Å². The maximum atomic E-state index is 11.7. The minimum atomic E-state index is -0.0781. The van der Waals surface area contributed by atoms with Gasteiger partial charge < -0.3 is 5.11 Å². The van der Waals surface area contributed by atoms with Crippen molar-refractivity contribution in [2.75, 3.05) is 6.61 Å². The molecular weight excluding hydrogens is 164 g/mol. The Morgan fingerprint density at radius 3 is 2.85 bits per heavy atom. The molecule has 68 valence electrons. The Morgan fingerprint density at radius 1 is 1.38 bits per heavy atom. The van der Waals surface area contributed by atoms with Crippen molar-refractivity contribution in [1.82, 2.24) is 0 Å². The number of fused-ring (bicyclic) bond motifs is 5. The van der Waals surface area contributed by atoms with Gasteiger partial charge in [-0.05, 0) is 24.2 Å². The first-order valence-corrected chi connectivity index (χ1v) is 4.85. The summed E-state index contributed by atoms with van der Waals surface area (Å²) in [5, 5.41) is 8.98. The van der Waals surface area contributed by atoms with Gasteiger partial charge in [0.25, 0.3) is 0 Å². The number of carbonyl (C=O) groups excluding carboxylic acids is 1. The molecule has 0 aliphatic heterocycles. The summed E-state index contributed by atoms with van der Waals surface area (Å²) in [5.74, 6) is 1.82. The maximum absolute atomic E-state index is 11.7. The van der Waals surface area contributed by atoms with Crippen LogP contribution in [-0.2, 0) is 4.79 Å². The molecule has 1 saturated carbocycles. The van der Waals surface area contributed by atoms with Crippen LogP contribution in [-0.4, -0.2) is 17.5 Å². The van der Waals surface area contributed by atoms with Gasteiger partial charge >= 0.3 is 0 Å². The molecule has 3 aliphatic carbocycles. The van der Waals surface area contributed by atoms with E-state index in [2.05, 4.69) is 12.2 Å². The summed E-state index contributed by atoms with van der Waals surface area (Å²) in [6.07, 6.45) is 7.56. The smallest absolute Gasteiger partial charge is 0.165 e. The molecule has 3 rings (SSSR count). The number of rotatable bonds is 1. The predicted molar refractivity (Wildman–Crippen MR) is 47.9 cm³/mol. The number of ketones is 1. The summed E-state index contributed by atoms with van der Waals surface area (Å²) in [5.41, 5.74) is 0.647.